The van der Waals surface area contributed by atoms with Gasteiger partial charge in [0.2, 0.25) is 0 Å². The number of benzene rings is 1. The Bertz CT molecular complexity index is 695. The molecule has 0 atom stereocenters. The van der Waals surface area contributed by atoms with Crippen LogP contribution in [0.4, 0.5) is 0 Å². The number of aromatic nitrogens is 1. The van der Waals surface area contributed by atoms with E-state index in [1.165, 1.54) is 12.1 Å². The number of hydrogen-bond donors (Lipinski definition) is 3. The Morgan fingerprint density at radius 3 is 2.83 bits per heavy atom. The number of nitrogens with one attached hydrogen (secondary N) is 1. The van der Waals surface area contributed by atoms with Gasteiger partial charge >= 0.3 is 0 Å². The van der Waals surface area contributed by atoms with Gasteiger partial charge in [-0.2, -0.15) is 11.8 Å². The van der Waals surface area contributed by atoms with Crippen LogP contribution in [0.1, 0.15) is 23.3 Å². The predicted molar refractivity (Wildman–Crippen MR) is 87.4 cm³/mol. The van der Waals surface area contributed by atoms with Crippen molar-refractivity contribution < 1.29 is 19.5 Å². The maximum atomic E-state index is 12.4. The van der Waals surface area contributed by atoms with Crippen LogP contribution in [0.5, 0.6) is 5.75 Å². The highest BCUT2D eigenvalue weighted by molar-refractivity contribution is 7.99. The van der Waals surface area contributed by atoms with Crippen molar-refractivity contribution in [2.75, 3.05) is 18.1 Å². The number of rotatable bonds is 4. The Labute approximate surface area is 137 Å². The largest absolute Gasteiger partial charge is 0.508 e. The summed E-state index contributed by atoms with van der Waals surface area (Å²) >= 11 is 1.82. The fourth-order valence-corrected chi connectivity index (χ4v) is 3.84. The van der Waals surface area contributed by atoms with Crippen molar-refractivity contribution in [1.82, 2.24) is 10.5 Å². The van der Waals surface area contributed by atoms with E-state index in [0.717, 1.165) is 24.3 Å². The molecule has 1 aromatic carbocycles. The van der Waals surface area contributed by atoms with Gasteiger partial charge in [-0.15, -0.1) is 0 Å². The highest BCUT2D eigenvalue weighted by atomic mass is 32.2. The molecule has 1 saturated heterocycles. The fraction of sp³-hybridized carbons (Fsp3) is 0.375. The standard InChI is InChI=1S/C16H18N2O4S/c19-10-16(4-6-23-7-5-16)17-15(21)13-9-14(22-18-13)11-2-1-3-12(20)8-11/h1-3,8-9,19-20H,4-7,10H2,(H,17,21). The molecule has 2 heterocycles. The Morgan fingerprint density at radius 2 is 2.13 bits per heavy atom. The summed E-state index contributed by atoms with van der Waals surface area (Å²) in [7, 11) is 0. The second-order valence-electron chi connectivity index (χ2n) is 5.63. The highest BCUT2D eigenvalue weighted by Crippen LogP contribution is 2.28. The zero-order chi connectivity index (χ0) is 16.3. The van der Waals surface area contributed by atoms with Gasteiger partial charge in [-0.25, -0.2) is 0 Å². The third-order valence-electron chi connectivity index (χ3n) is 4.00. The molecule has 1 aliphatic heterocycles. The number of aliphatic hydroxyl groups is 1. The zero-order valence-corrected chi connectivity index (χ0v) is 13.3. The molecule has 3 N–H and O–H groups in total. The number of thioether (sulfide) groups is 1. The molecule has 1 amide bonds. The lowest BCUT2D eigenvalue weighted by molar-refractivity contribution is 0.0808. The number of aromatic hydroxyl groups is 1. The minimum atomic E-state index is -0.577. The van der Waals surface area contributed by atoms with Crippen LogP contribution in [-0.4, -0.2) is 44.9 Å². The van der Waals surface area contributed by atoms with Gasteiger partial charge in [0.15, 0.2) is 11.5 Å². The summed E-state index contributed by atoms with van der Waals surface area (Å²) in [5.41, 5.74) is 0.226. The summed E-state index contributed by atoms with van der Waals surface area (Å²) in [5, 5.41) is 25.9. The monoisotopic (exact) mass is 334 g/mol. The molecule has 3 rings (SSSR count). The average molecular weight is 334 g/mol. The third-order valence-corrected chi connectivity index (χ3v) is 4.99. The van der Waals surface area contributed by atoms with Crippen molar-refractivity contribution in [2.24, 2.45) is 0 Å². The molecule has 0 spiro atoms. The summed E-state index contributed by atoms with van der Waals surface area (Å²) in [6, 6.07) is 8.07. The number of aliphatic hydroxyl groups excluding tert-OH is 1. The number of amides is 1. The van der Waals surface area contributed by atoms with E-state index in [2.05, 4.69) is 10.5 Å². The van der Waals surface area contributed by atoms with Crippen molar-refractivity contribution in [3.63, 3.8) is 0 Å². The average Bonchev–Trinajstić information content (AvgIpc) is 3.06. The molecule has 1 aliphatic rings. The first-order valence-electron chi connectivity index (χ1n) is 7.39. The van der Waals surface area contributed by atoms with Crippen molar-refractivity contribution in [3.8, 4) is 17.1 Å². The molecule has 122 valence electrons. The predicted octanol–water partition coefficient (Wildman–Crippen LogP) is 2.04. The Kier molecular flexibility index (Phi) is 4.58. The normalized spacial score (nSPS) is 16.9. The number of nitrogens with zero attached hydrogens (tertiary/aromatic N) is 1. The van der Waals surface area contributed by atoms with E-state index >= 15 is 0 Å². The molecule has 0 saturated carbocycles. The first-order chi connectivity index (χ1) is 11.1. The van der Waals surface area contributed by atoms with Crippen molar-refractivity contribution >= 4 is 17.7 Å². The van der Waals surface area contributed by atoms with Crippen molar-refractivity contribution in [1.29, 1.82) is 0 Å². The molecule has 1 aromatic heterocycles. The van der Waals surface area contributed by atoms with Gasteiger partial charge in [0.1, 0.15) is 5.75 Å². The summed E-state index contributed by atoms with van der Waals surface area (Å²) in [6.07, 6.45) is 1.47. The maximum Gasteiger partial charge on any atom is 0.273 e. The Hall–Kier alpha value is -1.99. The molecule has 2 aromatic rings. The first-order valence-corrected chi connectivity index (χ1v) is 8.55. The van der Waals surface area contributed by atoms with E-state index in [4.69, 9.17) is 4.52 Å². The van der Waals surface area contributed by atoms with Gasteiger partial charge in [-0.3, -0.25) is 4.79 Å². The number of phenols is 1. The van der Waals surface area contributed by atoms with Crippen LogP contribution in [0.25, 0.3) is 11.3 Å². The van der Waals surface area contributed by atoms with Gasteiger partial charge < -0.3 is 20.1 Å². The third kappa shape index (κ3) is 3.51. The van der Waals surface area contributed by atoms with E-state index < -0.39 is 5.54 Å². The lowest BCUT2D eigenvalue weighted by Gasteiger charge is -2.35. The quantitative estimate of drug-likeness (QED) is 0.792. The Morgan fingerprint density at radius 1 is 1.35 bits per heavy atom. The number of phenolic OH excluding ortho intramolecular Hbond substituents is 1. The second kappa shape index (κ2) is 6.64. The molecule has 0 unspecified atom stereocenters. The summed E-state index contributed by atoms with van der Waals surface area (Å²) < 4.78 is 5.19. The second-order valence-corrected chi connectivity index (χ2v) is 6.86. The summed E-state index contributed by atoms with van der Waals surface area (Å²) in [6.45, 7) is -0.0867. The molecular weight excluding hydrogens is 316 g/mol. The fourth-order valence-electron chi connectivity index (χ4n) is 2.57. The summed E-state index contributed by atoms with van der Waals surface area (Å²) in [5.74, 6) is 1.98. The van der Waals surface area contributed by atoms with E-state index in [1.807, 2.05) is 11.8 Å². The summed E-state index contributed by atoms with van der Waals surface area (Å²) in [4.78, 5) is 12.4. The lowest BCUT2D eigenvalue weighted by Crippen LogP contribution is -2.53. The van der Waals surface area contributed by atoms with Gasteiger partial charge in [-0.1, -0.05) is 17.3 Å². The molecule has 6 nitrogen and oxygen atoms in total. The Balaban J connectivity index is 1.76. The van der Waals surface area contributed by atoms with Crippen LogP contribution in [-0.2, 0) is 0 Å². The van der Waals surface area contributed by atoms with Crippen LogP contribution in [0.15, 0.2) is 34.9 Å². The smallest absolute Gasteiger partial charge is 0.273 e. The number of hydrogen-bond acceptors (Lipinski definition) is 6. The van der Waals surface area contributed by atoms with Crippen LogP contribution in [0.2, 0.25) is 0 Å². The molecular formula is C16H18N2O4S. The SMILES string of the molecule is O=C(NC1(CO)CCSCC1)c1cc(-c2cccc(O)c2)on1. The molecule has 0 bridgehead atoms. The van der Waals surface area contributed by atoms with Gasteiger partial charge in [0.25, 0.3) is 5.91 Å². The maximum absolute atomic E-state index is 12.4. The first kappa shape index (κ1) is 15.9. The molecule has 23 heavy (non-hydrogen) atoms. The van der Waals surface area contributed by atoms with E-state index in [-0.39, 0.29) is 24.0 Å². The van der Waals surface area contributed by atoms with E-state index in [9.17, 15) is 15.0 Å². The molecule has 7 heteroatoms. The van der Waals surface area contributed by atoms with E-state index in [1.54, 1.807) is 18.2 Å². The van der Waals surface area contributed by atoms with Crippen LogP contribution in [0.3, 0.4) is 0 Å². The number of carbonyl (C=O) groups excluding carboxylic acids is 1. The molecule has 0 aliphatic carbocycles. The van der Waals surface area contributed by atoms with E-state index in [0.29, 0.717) is 11.3 Å². The zero-order valence-electron chi connectivity index (χ0n) is 12.5. The molecule has 1 fully saturated rings. The van der Waals surface area contributed by atoms with Crippen molar-refractivity contribution in [2.45, 2.75) is 18.4 Å². The minimum Gasteiger partial charge on any atom is -0.508 e. The molecule has 0 radical (unpaired) electrons. The van der Waals surface area contributed by atoms with Gasteiger partial charge in [0, 0.05) is 11.6 Å². The minimum absolute atomic E-state index is 0.0867. The van der Waals surface area contributed by atoms with Crippen LogP contribution >= 0.6 is 11.8 Å². The van der Waals surface area contributed by atoms with Crippen LogP contribution in [0, 0.1) is 0 Å². The number of carbonyl (C=O) groups is 1. The highest BCUT2D eigenvalue weighted by Gasteiger charge is 2.34. The lowest BCUT2D eigenvalue weighted by atomic mass is 9.93. The van der Waals surface area contributed by atoms with Gasteiger partial charge in [0.05, 0.1) is 12.1 Å². The van der Waals surface area contributed by atoms with Crippen molar-refractivity contribution in [3.05, 3.63) is 36.0 Å². The van der Waals surface area contributed by atoms with Crippen LogP contribution < -0.4 is 5.32 Å². The topological polar surface area (TPSA) is 95.6 Å². The van der Waals surface area contributed by atoms with Gasteiger partial charge in [-0.05, 0) is 36.5 Å².